The number of rotatable bonds is 5. The molecule has 0 spiro atoms. The van der Waals surface area contributed by atoms with E-state index in [9.17, 15) is 13.2 Å². The number of ketones is 1. The molecule has 1 fully saturated rings. The molecule has 1 saturated heterocycles. The number of benzene rings is 1. The van der Waals surface area contributed by atoms with Crippen LogP contribution in [0, 0.1) is 0 Å². The van der Waals surface area contributed by atoms with Gasteiger partial charge in [-0.25, -0.2) is 0 Å². The highest BCUT2D eigenvalue weighted by Crippen LogP contribution is 2.23. The van der Waals surface area contributed by atoms with Crippen LogP contribution >= 0.6 is 23.2 Å². The molecule has 3 N–H and O–H groups in total. The number of halogens is 2. The Morgan fingerprint density at radius 1 is 1.27 bits per heavy atom. The van der Waals surface area contributed by atoms with Crippen molar-refractivity contribution in [1.82, 2.24) is 4.90 Å². The molecule has 0 saturated carbocycles. The number of allylic oxidation sites excluding steroid dienone is 1. The van der Waals surface area contributed by atoms with Crippen molar-refractivity contribution in [1.29, 1.82) is 0 Å². The molecule has 1 aromatic carbocycles. The Kier molecular flexibility index (Phi) is 11.9. The third-order valence-electron chi connectivity index (χ3n) is 3.18. The van der Waals surface area contributed by atoms with Crippen molar-refractivity contribution in [2.24, 2.45) is 0 Å². The van der Waals surface area contributed by atoms with Crippen LogP contribution in [-0.4, -0.2) is 68.2 Å². The number of morpholine rings is 1. The van der Waals surface area contributed by atoms with E-state index in [2.05, 4.69) is 4.90 Å². The minimum Gasteiger partial charge on any atom is -0.412 e. The van der Waals surface area contributed by atoms with E-state index in [1.165, 1.54) is 0 Å². The molecule has 0 aromatic heterocycles. The number of carbonyl (C=O) groups is 1. The summed E-state index contributed by atoms with van der Waals surface area (Å²) in [6.45, 7) is 4.11. The fourth-order valence-electron chi connectivity index (χ4n) is 1.98. The molecule has 26 heavy (non-hydrogen) atoms. The summed E-state index contributed by atoms with van der Waals surface area (Å²) in [5.74, 6) is 0.113. The second-order valence-electron chi connectivity index (χ2n) is 5.41. The Morgan fingerprint density at radius 2 is 1.85 bits per heavy atom. The minimum absolute atomic E-state index is 0. The molecule has 10 heteroatoms. The first-order chi connectivity index (χ1) is 11.6. The van der Waals surface area contributed by atoms with Crippen LogP contribution in [0.1, 0.15) is 12.0 Å². The van der Waals surface area contributed by atoms with E-state index in [4.69, 9.17) is 32.5 Å². The van der Waals surface area contributed by atoms with Crippen LogP contribution in [0.3, 0.4) is 0 Å². The maximum Gasteiger partial charge on any atom is 0.261 e. The number of hydrogen-bond acceptors (Lipinski definition) is 5. The lowest BCUT2D eigenvalue weighted by Crippen LogP contribution is -2.37. The third-order valence-corrected chi connectivity index (χ3v) is 3.92. The van der Waals surface area contributed by atoms with Crippen LogP contribution in [0.4, 0.5) is 0 Å². The van der Waals surface area contributed by atoms with Gasteiger partial charge in [0.1, 0.15) is 0 Å². The largest absolute Gasteiger partial charge is 0.412 e. The average Bonchev–Trinajstić information content (AvgIpc) is 2.53. The van der Waals surface area contributed by atoms with Crippen LogP contribution in [-0.2, 0) is 19.6 Å². The van der Waals surface area contributed by atoms with Gasteiger partial charge in [-0.05, 0) is 23.8 Å². The van der Waals surface area contributed by atoms with Crippen LogP contribution in [0.25, 0.3) is 6.08 Å². The molecule has 148 valence electrons. The SMILES string of the molecule is CS(=O)(=O)O.O.O=C(/C=C/c1ccc(Cl)c(Cl)c1)CCN1CCOCC1. The zero-order valence-corrected chi connectivity index (χ0v) is 16.6. The van der Waals surface area contributed by atoms with E-state index < -0.39 is 10.1 Å². The Hall–Kier alpha value is -1.00. The van der Waals surface area contributed by atoms with E-state index in [1.807, 2.05) is 6.07 Å². The summed E-state index contributed by atoms with van der Waals surface area (Å²) >= 11 is 11.8. The van der Waals surface area contributed by atoms with E-state index in [1.54, 1.807) is 24.3 Å². The Morgan fingerprint density at radius 3 is 2.38 bits per heavy atom. The van der Waals surface area contributed by atoms with Crippen LogP contribution in [0.2, 0.25) is 10.0 Å². The molecule has 0 bridgehead atoms. The zero-order valence-electron chi connectivity index (χ0n) is 14.3. The highest BCUT2D eigenvalue weighted by atomic mass is 35.5. The molecule has 1 heterocycles. The van der Waals surface area contributed by atoms with Crippen molar-refractivity contribution >= 4 is 45.2 Å². The molecular formula is C16H23Cl2NO6S. The second kappa shape index (κ2) is 12.4. The smallest absolute Gasteiger partial charge is 0.261 e. The molecule has 1 aliphatic rings. The summed E-state index contributed by atoms with van der Waals surface area (Å²) in [4.78, 5) is 14.1. The minimum atomic E-state index is -3.67. The molecule has 0 radical (unpaired) electrons. The summed E-state index contributed by atoms with van der Waals surface area (Å²) in [6.07, 6.45) is 4.61. The van der Waals surface area contributed by atoms with Crippen molar-refractivity contribution < 1.29 is 28.0 Å². The number of nitrogens with zero attached hydrogens (tertiary/aromatic N) is 1. The van der Waals surface area contributed by atoms with Crippen molar-refractivity contribution in [3.05, 3.63) is 39.9 Å². The van der Waals surface area contributed by atoms with Gasteiger partial charge in [-0.2, -0.15) is 8.42 Å². The van der Waals surface area contributed by atoms with E-state index >= 15 is 0 Å². The normalized spacial score (nSPS) is 15.1. The number of ether oxygens (including phenoxy) is 1. The van der Waals surface area contributed by atoms with Gasteiger partial charge in [0, 0.05) is 26.1 Å². The maximum absolute atomic E-state index is 11.8. The Labute approximate surface area is 163 Å². The highest BCUT2D eigenvalue weighted by Gasteiger charge is 2.10. The van der Waals surface area contributed by atoms with Crippen molar-refractivity contribution in [3.8, 4) is 0 Å². The Balaban J connectivity index is 0.000000923. The first-order valence-corrected chi connectivity index (χ1v) is 10.1. The first kappa shape index (κ1) is 25.0. The van der Waals surface area contributed by atoms with Gasteiger partial charge in [0.15, 0.2) is 5.78 Å². The van der Waals surface area contributed by atoms with Crippen molar-refractivity contribution in [2.75, 3.05) is 39.1 Å². The maximum atomic E-state index is 11.8. The molecule has 7 nitrogen and oxygen atoms in total. The van der Waals surface area contributed by atoms with Gasteiger partial charge in [-0.15, -0.1) is 0 Å². The summed E-state index contributed by atoms with van der Waals surface area (Å²) < 4.78 is 31.1. The number of carbonyl (C=O) groups excluding carboxylic acids is 1. The molecule has 0 unspecified atom stereocenters. The van der Waals surface area contributed by atoms with E-state index in [-0.39, 0.29) is 11.3 Å². The van der Waals surface area contributed by atoms with Gasteiger partial charge in [0.2, 0.25) is 0 Å². The summed E-state index contributed by atoms with van der Waals surface area (Å²) in [7, 11) is -3.67. The topological polar surface area (TPSA) is 115 Å². The lowest BCUT2D eigenvalue weighted by Gasteiger charge is -2.25. The van der Waals surface area contributed by atoms with Gasteiger partial charge < -0.3 is 10.2 Å². The molecular weight excluding hydrogens is 405 g/mol. The van der Waals surface area contributed by atoms with Gasteiger partial charge >= 0.3 is 0 Å². The van der Waals surface area contributed by atoms with Crippen molar-refractivity contribution in [2.45, 2.75) is 6.42 Å². The van der Waals surface area contributed by atoms with Gasteiger partial charge in [-0.3, -0.25) is 14.2 Å². The van der Waals surface area contributed by atoms with Gasteiger partial charge in [0.25, 0.3) is 10.1 Å². The van der Waals surface area contributed by atoms with Crippen LogP contribution in [0.15, 0.2) is 24.3 Å². The molecule has 1 aliphatic heterocycles. The number of hydrogen-bond donors (Lipinski definition) is 1. The molecule has 2 rings (SSSR count). The highest BCUT2D eigenvalue weighted by molar-refractivity contribution is 7.85. The Bertz CT molecular complexity index is 695. The lowest BCUT2D eigenvalue weighted by atomic mass is 10.1. The average molecular weight is 428 g/mol. The summed E-state index contributed by atoms with van der Waals surface area (Å²) in [5, 5.41) is 1.01. The molecule has 1 aromatic rings. The quantitative estimate of drug-likeness (QED) is 0.567. The first-order valence-electron chi connectivity index (χ1n) is 7.53. The predicted molar refractivity (Wildman–Crippen MR) is 103 cm³/mol. The predicted octanol–water partition coefficient (Wildman–Crippen LogP) is 1.98. The third kappa shape index (κ3) is 12.4. The van der Waals surface area contributed by atoms with Gasteiger partial charge in [-0.1, -0.05) is 35.3 Å². The van der Waals surface area contributed by atoms with Gasteiger partial charge in [0.05, 0.1) is 29.5 Å². The fourth-order valence-corrected chi connectivity index (χ4v) is 2.29. The molecule has 0 amide bonds. The van der Waals surface area contributed by atoms with E-state index in [0.29, 0.717) is 22.7 Å². The fraction of sp³-hybridized carbons (Fsp3) is 0.438. The standard InChI is InChI=1S/C15H17Cl2NO2.CH4O3S.H2O/c16-14-4-2-12(11-15(14)17)1-3-13(19)5-6-18-7-9-20-10-8-18;1-5(2,3)4;/h1-4,11H,5-10H2;1H3,(H,2,3,4);1H2/b3-1+;;. The van der Waals surface area contributed by atoms with Crippen LogP contribution in [0.5, 0.6) is 0 Å². The second-order valence-corrected chi connectivity index (χ2v) is 7.69. The lowest BCUT2D eigenvalue weighted by molar-refractivity contribution is -0.115. The molecule has 0 aliphatic carbocycles. The monoisotopic (exact) mass is 427 g/mol. The molecule has 0 atom stereocenters. The zero-order chi connectivity index (χ0) is 18.9. The van der Waals surface area contributed by atoms with E-state index in [0.717, 1.165) is 38.4 Å². The van der Waals surface area contributed by atoms with Crippen LogP contribution < -0.4 is 0 Å². The van der Waals surface area contributed by atoms with Crippen molar-refractivity contribution in [3.63, 3.8) is 0 Å². The summed E-state index contributed by atoms with van der Waals surface area (Å²) in [6, 6.07) is 5.30. The summed E-state index contributed by atoms with van der Waals surface area (Å²) in [5.41, 5.74) is 0.874.